The minimum Gasteiger partial charge on any atom is -0.453 e. The Balaban J connectivity index is 1.46. The molecule has 2 N–H and O–H groups in total. The van der Waals surface area contributed by atoms with Gasteiger partial charge in [-0.15, -0.1) is 0 Å². The van der Waals surface area contributed by atoms with Gasteiger partial charge in [-0.2, -0.15) is 18.0 Å². The van der Waals surface area contributed by atoms with E-state index in [2.05, 4.69) is 15.0 Å². The summed E-state index contributed by atoms with van der Waals surface area (Å²) in [5, 5.41) is 13.4. The van der Waals surface area contributed by atoms with Crippen molar-refractivity contribution < 1.29 is 17.5 Å². The first-order valence-corrected chi connectivity index (χ1v) is 13.5. The third-order valence-electron chi connectivity index (χ3n) is 7.35. The molecule has 10 nitrogen and oxygen atoms in total. The Morgan fingerprint density at radius 3 is 2.81 bits per heavy atom. The van der Waals surface area contributed by atoms with E-state index < -0.39 is 21.8 Å². The van der Waals surface area contributed by atoms with Gasteiger partial charge in [0.1, 0.15) is 17.4 Å². The summed E-state index contributed by atoms with van der Waals surface area (Å²) in [5.41, 5.74) is 0.0703. The molecule has 3 aromatic rings. The summed E-state index contributed by atoms with van der Waals surface area (Å²) in [4.78, 5) is 17.7. The van der Waals surface area contributed by atoms with E-state index in [9.17, 15) is 22.9 Å². The van der Waals surface area contributed by atoms with E-state index in [4.69, 9.17) is 4.74 Å². The zero-order valence-corrected chi connectivity index (χ0v) is 21.3. The van der Waals surface area contributed by atoms with Crippen LogP contribution in [0.2, 0.25) is 0 Å². The molecule has 12 heteroatoms. The molecular weight excluding hydrogens is 499 g/mol. The molecule has 1 aliphatic carbocycles. The number of halogens is 1. The van der Waals surface area contributed by atoms with Gasteiger partial charge >= 0.3 is 10.2 Å². The molecule has 5 rings (SSSR count). The molecule has 0 amide bonds. The number of fused-ring (bicyclic) bond motifs is 1. The van der Waals surface area contributed by atoms with Crippen molar-refractivity contribution in [1.29, 1.82) is 5.26 Å². The van der Waals surface area contributed by atoms with Crippen molar-refractivity contribution in [2.75, 3.05) is 31.4 Å². The SMILES string of the molecule is CCN(C)S(=O)(=O)Nc1ccc(F)c(Oc2ccc3ncn(C4CC5(CCNC5)C4)c(=O)c3c2)c1C#N. The second kappa shape index (κ2) is 9.41. The van der Waals surface area contributed by atoms with Crippen LogP contribution < -0.4 is 20.3 Å². The highest BCUT2D eigenvalue weighted by molar-refractivity contribution is 7.90. The maximum absolute atomic E-state index is 14.8. The summed E-state index contributed by atoms with van der Waals surface area (Å²) in [5.74, 6) is -1.17. The fraction of sp³-hybridized carbons (Fsp3) is 0.400. The highest BCUT2D eigenvalue weighted by atomic mass is 32.2. The molecule has 1 saturated carbocycles. The molecule has 0 radical (unpaired) electrons. The maximum atomic E-state index is 14.8. The number of nitrogens with zero attached hydrogens (tertiary/aromatic N) is 4. The third kappa shape index (κ3) is 4.54. The number of aromatic nitrogens is 2. The lowest BCUT2D eigenvalue weighted by Gasteiger charge is -2.45. The average molecular weight is 527 g/mol. The molecule has 37 heavy (non-hydrogen) atoms. The van der Waals surface area contributed by atoms with Crippen LogP contribution in [0.25, 0.3) is 10.9 Å². The molecule has 0 unspecified atom stereocenters. The Morgan fingerprint density at radius 2 is 2.14 bits per heavy atom. The van der Waals surface area contributed by atoms with Crippen molar-refractivity contribution in [3.8, 4) is 17.6 Å². The van der Waals surface area contributed by atoms with Gasteiger partial charge in [-0.05, 0) is 61.6 Å². The molecule has 2 heterocycles. The molecule has 194 valence electrons. The van der Waals surface area contributed by atoms with Crippen LogP contribution in [0.15, 0.2) is 41.5 Å². The number of nitriles is 1. The molecule has 2 fully saturated rings. The van der Waals surface area contributed by atoms with E-state index in [0.29, 0.717) is 10.9 Å². The first kappa shape index (κ1) is 25.1. The zero-order valence-electron chi connectivity index (χ0n) is 20.5. The van der Waals surface area contributed by atoms with Crippen molar-refractivity contribution in [3.05, 3.63) is 58.4 Å². The molecule has 0 atom stereocenters. The van der Waals surface area contributed by atoms with Crippen LogP contribution in [-0.2, 0) is 10.2 Å². The monoisotopic (exact) mass is 526 g/mol. The van der Waals surface area contributed by atoms with Crippen LogP contribution >= 0.6 is 0 Å². The number of ether oxygens (including phenoxy) is 1. The van der Waals surface area contributed by atoms with Gasteiger partial charge in [0.2, 0.25) is 0 Å². The smallest absolute Gasteiger partial charge is 0.301 e. The number of benzene rings is 2. The Bertz CT molecular complexity index is 1570. The Labute approximate surface area is 213 Å². The van der Waals surface area contributed by atoms with Crippen molar-refractivity contribution in [1.82, 2.24) is 19.2 Å². The summed E-state index contributed by atoms with van der Waals surface area (Å²) in [7, 11) is -2.58. The van der Waals surface area contributed by atoms with Gasteiger partial charge in [-0.3, -0.25) is 14.1 Å². The summed E-state index contributed by atoms with van der Waals surface area (Å²) in [6, 6.07) is 8.65. The van der Waals surface area contributed by atoms with E-state index in [1.54, 1.807) is 23.9 Å². The Kier molecular flexibility index (Phi) is 6.39. The van der Waals surface area contributed by atoms with Gasteiger partial charge in [-0.25, -0.2) is 9.37 Å². The van der Waals surface area contributed by atoms with Crippen LogP contribution in [-0.4, -0.2) is 49.0 Å². The van der Waals surface area contributed by atoms with Crippen LogP contribution in [0, 0.1) is 22.6 Å². The molecule has 1 aliphatic heterocycles. The predicted octanol–water partition coefficient (Wildman–Crippen LogP) is 3.12. The van der Waals surface area contributed by atoms with Crippen molar-refractivity contribution in [2.45, 2.75) is 32.2 Å². The minimum absolute atomic E-state index is 0.0717. The molecule has 1 aromatic heterocycles. The van der Waals surface area contributed by atoms with E-state index >= 15 is 0 Å². The Morgan fingerprint density at radius 1 is 1.35 bits per heavy atom. The summed E-state index contributed by atoms with van der Waals surface area (Å²) < 4.78 is 50.4. The van der Waals surface area contributed by atoms with E-state index in [0.717, 1.165) is 48.8 Å². The van der Waals surface area contributed by atoms with Crippen molar-refractivity contribution >= 4 is 26.8 Å². The van der Waals surface area contributed by atoms with Crippen LogP contribution in [0.1, 0.15) is 37.8 Å². The molecule has 2 aliphatic rings. The van der Waals surface area contributed by atoms with Gasteiger partial charge < -0.3 is 10.1 Å². The van der Waals surface area contributed by atoms with Crippen molar-refractivity contribution in [2.24, 2.45) is 5.41 Å². The third-order valence-corrected chi connectivity index (χ3v) is 8.91. The first-order valence-electron chi connectivity index (χ1n) is 12.0. The lowest BCUT2D eigenvalue weighted by molar-refractivity contribution is 0.0814. The number of rotatable bonds is 7. The minimum atomic E-state index is -3.95. The first-order chi connectivity index (χ1) is 17.7. The highest BCUT2D eigenvalue weighted by Crippen LogP contribution is 2.51. The maximum Gasteiger partial charge on any atom is 0.301 e. The van der Waals surface area contributed by atoms with Crippen LogP contribution in [0.3, 0.4) is 0 Å². The number of nitrogens with one attached hydrogen (secondary N) is 2. The lowest BCUT2D eigenvalue weighted by Crippen LogP contribution is -2.43. The molecular formula is C25H27FN6O4S. The fourth-order valence-corrected chi connectivity index (χ4v) is 6.02. The molecule has 1 saturated heterocycles. The second-order valence-corrected chi connectivity index (χ2v) is 11.4. The standard InChI is InChI=1S/C25H27FN6O4S/c1-3-31(2)37(34,35)30-22-7-5-20(26)23(19(22)13-27)36-17-4-6-21-18(10-17)24(33)32(15-29-21)16-11-25(12-16)8-9-28-14-25/h4-7,10,15-16,28,30H,3,8-9,11-12,14H2,1-2H3. The Hall–Kier alpha value is -3.53. The number of anilines is 1. The number of hydrogen-bond acceptors (Lipinski definition) is 7. The summed E-state index contributed by atoms with van der Waals surface area (Å²) in [6.07, 6.45) is 4.50. The van der Waals surface area contributed by atoms with E-state index in [1.165, 1.54) is 19.2 Å². The van der Waals surface area contributed by atoms with Crippen molar-refractivity contribution in [3.63, 3.8) is 0 Å². The summed E-state index contributed by atoms with van der Waals surface area (Å²) in [6.45, 7) is 3.82. The van der Waals surface area contributed by atoms with Gasteiger partial charge in [-0.1, -0.05) is 6.92 Å². The molecule has 2 aromatic carbocycles. The molecule has 0 bridgehead atoms. The van der Waals surface area contributed by atoms with Gasteiger partial charge in [0.05, 0.1) is 22.9 Å². The van der Waals surface area contributed by atoms with E-state index in [1.807, 2.05) is 6.07 Å². The predicted molar refractivity (Wildman–Crippen MR) is 136 cm³/mol. The van der Waals surface area contributed by atoms with Gasteiger partial charge in [0.15, 0.2) is 11.6 Å². The average Bonchev–Trinajstić information content (AvgIpc) is 3.36. The van der Waals surface area contributed by atoms with Gasteiger partial charge in [0.25, 0.3) is 5.56 Å². The largest absolute Gasteiger partial charge is 0.453 e. The number of hydrogen-bond donors (Lipinski definition) is 2. The molecule has 1 spiro atoms. The van der Waals surface area contributed by atoms with Crippen LogP contribution in [0.5, 0.6) is 11.5 Å². The second-order valence-electron chi connectivity index (χ2n) is 9.66. The topological polar surface area (TPSA) is 129 Å². The normalized spacial score (nSPS) is 21.2. The zero-order chi connectivity index (χ0) is 26.4. The van der Waals surface area contributed by atoms with Crippen LogP contribution in [0.4, 0.5) is 10.1 Å². The lowest BCUT2D eigenvalue weighted by atomic mass is 9.65. The quantitative estimate of drug-likeness (QED) is 0.484. The van der Waals surface area contributed by atoms with Gasteiger partial charge in [0, 0.05) is 26.2 Å². The fourth-order valence-electron chi connectivity index (χ4n) is 5.08. The highest BCUT2D eigenvalue weighted by Gasteiger charge is 2.46. The summed E-state index contributed by atoms with van der Waals surface area (Å²) >= 11 is 0. The van der Waals surface area contributed by atoms with E-state index in [-0.39, 0.29) is 40.6 Å².